The van der Waals surface area contributed by atoms with Crippen molar-refractivity contribution in [1.82, 2.24) is 5.32 Å². The molecular weight excluding hydrogens is 218 g/mol. The van der Waals surface area contributed by atoms with Crippen LogP contribution in [0.15, 0.2) is 0 Å². The molecule has 0 amide bonds. The van der Waals surface area contributed by atoms with E-state index < -0.39 is 5.60 Å². The van der Waals surface area contributed by atoms with Crippen LogP contribution in [0.1, 0.15) is 39.5 Å². The molecule has 0 aromatic rings. The largest absolute Gasteiger partial charge is 0.390 e. The Morgan fingerprint density at radius 1 is 1.25 bits per heavy atom. The minimum atomic E-state index is -0.517. The van der Waals surface area contributed by atoms with Crippen molar-refractivity contribution in [3.8, 4) is 0 Å². The number of aliphatic hydroxyl groups is 1. The Morgan fingerprint density at radius 2 is 1.81 bits per heavy atom. The molecule has 0 bridgehead atoms. The van der Waals surface area contributed by atoms with E-state index in [0.29, 0.717) is 0 Å². The van der Waals surface area contributed by atoms with E-state index in [4.69, 9.17) is 0 Å². The van der Waals surface area contributed by atoms with Crippen LogP contribution in [0.25, 0.3) is 0 Å². The van der Waals surface area contributed by atoms with Crippen molar-refractivity contribution < 1.29 is 5.11 Å². The molecule has 0 spiro atoms. The van der Waals surface area contributed by atoms with E-state index in [-0.39, 0.29) is 0 Å². The molecule has 2 rings (SSSR count). The molecule has 0 aliphatic heterocycles. The van der Waals surface area contributed by atoms with Crippen LogP contribution in [-0.2, 0) is 0 Å². The fourth-order valence-corrected chi connectivity index (χ4v) is 3.15. The molecule has 2 saturated carbocycles. The van der Waals surface area contributed by atoms with Gasteiger partial charge in [0.2, 0.25) is 0 Å². The zero-order valence-electron chi connectivity index (χ0n) is 10.5. The topological polar surface area (TPSA) is 32.3 Å². The van der Waals surface area contributed by atoms with Crippen molar-refractivity contribution in [3.05, 3.63) is 0 Å². The molecule has 2 nitrogen and oxygen atoms in total. The van der Waals surface area contributed by atoms with Crippen molar-refractivity contribution >= 4 is 11.8 Å². The van der Waals surface area contributed by atoms with Gasteiger partial charge >= 0.3 is 0 Å². The first-order valence-electron chi connectivity index (χ1n) is 6.60. The standard InChI is InChI=1S/C13H25NOS/c1-13(2,15)9-16-8-7-14-12(10-3-4-10)11-5-6-11/h10-12,14-15H,3-9H2,1-2H3. The van der Waals surface area contributed by atoms with E-state index in [2.05, 4.69) is 5.32 Å². The third kappa shape index (κ3) is 4.64. The minimum absolute atomic E-state index is 0.517. The van der Waals surface area contributed by atoms with Crippen LogP contribution in [0.2, 0.25) is 0 Å². The summed E-state index contributed by atoms with van der Waals surface area (Å²) >= 11 is 1.85. The molecule has 0 saturated heterocycles. The molecule has 2 aliphatic carbocycles. The molecule has 0 atom stereocenters. The summed E-state index contributed by atoms with van der Waals surface area (Å²) in [7, 11) is 0. The smallest absolute Gasteiger partial charge is 0.0681 e. The highest BCUT2D eigenvalue weighted by Gasteiger charge is 2.40. The van der Waals surface area contributed by atoms with E-state index in [1.54, 1.807) is 0 Å². The maximum Gasteiger partial charge on any atom is 0.0681 e. The van der Waals surface area contributed by atoms with Crippen molar-refractivity contribution in [2.45, 2.75) is 51.2 Å². The van der Waals surface area contributed by atoms with E-state index >= 15 is 0 Å². The zero-order chi connectivity index (χ0) is 11.6. The van der Waals surface area contributed by atoms with Gasteiger partial charge in [-0.2, -0.15) is 11.8 Å². The van der Waals surface area contributed by atoms with Gasteiger partial charge in [0.05, 0.1) is 5.60 Å². The fourth-order valence-electron chi connectivity index (χ4n) is 2.25. The normalized spacial score (nSPS) is 21.8. The van der Waals surface area contributed by atoms with Crippen molar-refractivity contribution in [2.75, 3.05) is 18.1 Å². The summed E-state index contributed by atoms with van der Waals surface area (Å²) < 4.78 is 0. The Kier molecular flexibility index (Phi) is 4.20. The molecule has 0 unspecified atom stereocenters. The van der Waals surface area contributed by atoms with Gasteiger partial charge < -0.3 is 10.4 Å². The molecule has 2 fully saturated rings. The maximum atomic E-state index is 9.58. The lowest BCUT2D eigenvalue weighted by Gasteiger charge is -2.19. The van der Waals surface area contributed by atoms with Crippen LogP contribution >= 0.6 is 11.8 Å². The molecule has 0 radical (unpaired) electrons. The summed E-state index contributed by atoms with van der Waals surface area (Å²) in [5.41, 5.74) is -0.517. The first kappa shape index (κ1) is 12.7. The number of nitrogens with one attached hydrogen (secondary N) is 1. The van der Waals surface area contributed by atoms with Gasteiger partial charge in [-0.1, -0.05) is 0 Å². The predicted octanol–water partition coefficient (Wildman–Crippen LogP) is 2.27. The van der Waals surface area contributed by atoms with Crippen molar-refractivity contribution in [2.24, 2.45) is 11.8 Å². The quantitative estimate of drug-likeness (QED) is 0.642. The summed E-state index contributed by atoms with van der Waals surface area (Å²) in [4.78, 5) is 0. The predicted molar refractivity (Wildman–Crippen MR) is 70.9 cm³/mol. The number of thioether (sulfide) groups is 1. The Balaban J connectivity index is 1.53. The van der Waals surface area contributed by atoms with Crippen molar-refractivity contribution in [1.29, 1.82) is 0 Å². The van der Waals surface area contributed by atoms with Crippen LogP contribution in [0.3, 0.4) is 0 Å². The monoisotopic (exact) mass is 243 g/mol. The molecule has 0 aromatic carbocycles. The molecule has 94 valence electrons. The molecule has 16 heavy (non-hydrogen) atoms. The van der Waals surface area contributed by atoms with Gasteiger partial charge in [-0.05, 0) is 51.4 Å². The Hall–Kier alpha value is 0.270. The summed E-state index contributed by atoms with van der Waals surface area (Å²) in [6.45, 7) is 4.87. The molecule has 2 aliphatic rings. The van der Waals surface area contributed by atoms with Gasteiger partial charge in [-0.3, -0.25) is 0 Å². The zero-order valence-corrected chi connectivity index (χ0v) is 11.4. The van der Waals surface area contributed by atoms with Gasteiger partial charge in [0.1, 0.15) is 0 Å². The second-order valence-electron chi connectivity index (χ2n) is 6.02. The number of hydrogen-bond donors (Lipinski definition) is 2. The van der Waals surface area contributed by atoms with Gasteiger partial charge in [-0.25, -0.2) is 0 Å². The highest BCUT2D eigenvalue weighted by Crippen LogP contribution is 2.44. The van der Waals surface area contributed by atoms with Gasteiger partial charge in [0.25, 0.3) is 0 Å². The summed E-state index contributed by atoms with van der Waals surface area (Å²) in [5.74, 6) is 3.95. The van der Waals surface area contributed by atoms with Crippen LogP contribution in [-0.4, -0.2) is 34.8 Å². The first-order valence-corrected chi connectivity index (χ1v) is 7.75. The van der Waals surface area contributed by atoms with Gasteiger partial charge in [-0.15, -0.1) is 0 Å². The second kappa shape index (κ2) is 5.28. The minimum Gasteiger partial charge on any atom is -0.390 e. The third-order valence-corrected chi connectivity index (χ3v) is 4.74. The first-order chi connectivity index (χ1) is 7.56. The third-order valence-electron chi connectivity index (χ3n) is 3.34. The van der Waals surface area contributed by atoms with Crippen LogP contribution in [0, 0.1) is 11.8 Å². The Morgan fingerprint density at radius 3 is 2.25 bits per heavy atom. The SMILES string of the molecule is CC(C)(O)CSCCNC(C1CC1)C1CC1. The Labute approximate surface area is 104 Å². The second-order valence-corrected chi connectivity index (χ2v) is 7.12. The highest BCUT2D eigenvalue weighted by atomic mass is 32.2. The summed E-state index contributed by atoms with van der Waals surface area (Å²) in [5, 5.41) is 13.3. The summed E-state index contributed by atoms with van der Waals surface area (Å²) in [6, 6.07) is 0.822. The van der Waals surface area contributed by atoms with Crippen LogP contribution < -0.4 is 5.32 Å². The van der Waals surface area contributed by atoms with Crippen molar-refractivity contribution in [3.63, 3.8) is 0 Å². The lowest BCUT2D eigenvalue weighted by molar-refractivity contribution is 0.107. The molecular formula is C13H25NOS. The lowest BCUT2D eigenvalue weighted by atomic mass is 10.1. The fraction of sp³-hybridized carbons (Fsp3) is 1.00. The maximum absolute atomic E-state index is 9.58. The summed E-state index contributed by atoms with van der Waals surface area (Å²) in [6.07, 6.45) is 5.80. The molecule has 0 heterocycles. The van der Waals surface area contributed by atoms with Gasteiger partial charge in [0.15, 0.2) is 0 Å². The molecule has 2 N–H and O–H groups in total. The molecule has 3 heteroatoms. The van der Waals surface area contributed by atoms with E-state index in [0.717, 1.165) is 35.9 Å². The van der Waals surface area contributed by atoms with Gasteiger partial charge in [0, 0.05) is 24.1 Å². The van der Waals surface area contributed by atoms with Crippen LogP contribution in [0.4, 0.5) is 0 Å². The Bertz CT molecular complexity index is 206. The highest BCUT2D eigenvalue weighted by molar-refractivity contribution is 7.99. The average Bonchev–Trinajstić information content (AvgIpc) is 2.98. The van der Waals surface area contributed by atoms with E-state index in [1.807, 2.05) is 25.6 Å². The lowest BCUT2D eigenvalue weighted by Crippen LogP contribution is -2.35. The van der Waals surface area contributed by atoms with Crippen LogP contribution in [0.5, 0.6) is 0 Å². The van der Waals surface area contributed by atoms with E-state index in [9.17, 15) is 5.11 Å². The average molecular weight is 243 g/mol. The number of rotatable bonds is 8. The number of hydrogen-bond acceptors (Lipinski definition) is 3. The molecule has 0 aromatic heterocycles. The van der Waals surface area contributed by atoms with E-state index in [1.165, 1.54) is 25.7 Å².